The Morgan fingerprint density at radius 2 is 1.41 bits per heavy atom. The van der Waals surface area contributed by atoms with Crippen LogP contribution in [0.1, 0.15) is 48.1 Å². The first kappa shape index (κ1) is 19.1. The summed E-state index contributed by atoms with van der Waals surface area (Å²) >= 11 is 5.62. The van der Waals surface area contributed by atoms with Crippen LogP contribution in [0.3, 0.4) is 0 Å². The highest BCUT2D eigenvalue weighted by Crippen LogP contribution is 2.25. The molecule has 0 aromatic heterocycles. The predicted octanol–water partition coefficient (Wildman–Crippen LogP) is 6.19. The lowest BCUT2D eigenvalue weighted by Gasteiger charge is -2.23. The maximum atomic E-state index is 5.62. The summed E-state index contributed by atoms with van der Waals surface area (Å²) in [5, 5.41) is 7.43. The summed E-state index contributed by atoms with van der Waals surface area (Å²) in [7, 11) is 0. The van der Waals surface area contributed by atoms with E-state index >= 15 is 0 Å². The highest BCUT2D eigenvalue weighted by Gasteiger charge is 2.17. The molecule has 3 aromatic rings. The fourth-order valence-corrected chi connectivity index (χ4v) is 3.38. The van der Waals surface area contributed by atoms with E-state index in [4.69, 9.17) is 12.2 Å². The van der Waals surface area contributed by atoms with Crippen LogP contribution < -0.4 is 10.6 Å². The number of anilines is 1. The molecular formula is C24H26N2S. The molecule has 0 heterocycles. The van der Waals surface area contributed by atoms with Crippen LogP contribution in [-0.4, -0.2) is 5.11 Å². The Bertz CT molecular complexity index is 886. The van der Waals surface area contributed by atoms with Crippen molar-refractivity contribution in [2.45, 2.75) is 32.7 Å². The Balaban J connectivity index is 1.80. The fourth-order valence-electron chi connectivity index (χ4n) is 3.15. The lowest BCUT2D eigenvalue weighted by Crippen LogP contribution is -2.33. The molecule has 0 saturated heterocycles. The summed E-state index contributed by atoms with van der Waals surface area (Å²) in [5.74, 6) is 0.521. The molecule has 0 fully saturated rings. The highest BCUT2D eigenvalue weighted by atomic mass is 32.1. The molecule has 0 aliphatic rings. The topological polar surface area (TPSA) is 24.1 Å². The van der Waals surface area contributed by atoms with Crippen molar-refractivity contribution in [3.8, 4) is 0 Å². The van der Waals surface area contributed by atoms with Crippen molar-refractivity contribution in [2.24, 2.45) is 0 Å². The monoisotopic (exact) mass is 374 g/mol. The summed E-state index contributed by atoms with van der Waals surface area (Å²) in [6.45, 7) is 6.52. The van der Waals surface area contributed by atoms with Gasteiger partial charge in [-0.25, -0.2) is 0 Å². The van der Waals surface area contributed by atoms with Crippen LogP contribution in [0.5, 0.6) is 0 Å². The van der Waals surface area contributed by atoms with Crippen molar-refractivity contribution in [1.29, 1.82) is 0 Å². The lowest BCUT2D eigenvalue weighted by atomic mass is 9.95. The van der Waals surface area contributed by atoms with Crippen LogP contribution in [0.4, 0.5) is 5.69 Å². The maximum Gasteiger partial charge on any atom is 0.171 e. The van der Waals surface area contributed by atoms with E-state index in [1.165, 1.54) is 22.3 Å². The van der Waals surface area contributed by atoms with Crippen molar-refractivity contribution in [1.82, 2.24) is 5.32 Å². The van der Waals surface area contributed by atoms with Crippen LogP contribution in [0.25, 0.3) is 0 Å². The Morgan fingerprint density at radius 1 is 0.778 bits per heavy atom. The molecule has 138 valence electrons. The van der Waals surface area contributed by atoms with E-state index in [2.05, 4.69) is 104 Å². The third-order valence-corrected chi connectivity index (χ3v) is 4.96. The molecule has 2 nitrogen and oxygen atoms in total. The molecule has 0 aliphatic heterocycles. The van der Waals surface area contributed by atoms with Gasteiger partial charge in [-0.15, -0.1) is 0 Å². The first-order valence-corrected chi connectivity index (χ1v) is 9.73. The molecule has 0 spiro atoms. The molecule has 0 radical (unpaired) electrons. The van der Waals surface area contributed by atoms with E-state index in [-0.39, 0.29) is 6.04 Å². The van der Waals surface area contributed by atoms with Gasteiger partial charge in [-0.05, 0) is 59.4 Å². The molecule has 1 atom stereocenters. The van der Waals surface area contributed by atoms with E-state index in [0.717, 1.165) is 5.69 Å². The molecule has 0 aliphatic carbocycles. The summed E-state index contributed by atoms with van der Waals surface area (Å²) in [6.07, 6.45) is 0. The van der Waals surface area contributed by atoms with Crippen molar-refractivity contribution in [3.63, 3.8) is 0 Å². The van der Waals surface area contributed by atoms with Gasteiger partial charge < -0.3 is 10.6 Å². The van der Waals surface area contributed by atoms with Gasteiger partial charge in [0.25, 0.3) is 0 Å². The van der Waals surface area contributed by atoms with Gasteiger partial charge >= 0.3 is 0 Å². The molecule has 0 saturated carbocycles. The molecule has 27 heavy (non-hydrogen) atoms. The quantitative estimate of drug-likeness (QED) is 0.520. The number of thiocarbonyl (C=S) groups is 1. The molecule has 2 N–H and O–H groups in total. The van der Waals surface area contributed by atoms with Gasteiger partial charge in [-0.3, -0.25) is 0 Å². The maximum absolute atomic E-state index is 5.62. The molecular weight excluding hydrogens is 348 g/mol. The average Bonchev–Trinajstić information content (AvgIpc) is 2.68. The second kappa shape index (κ2) is 8.83. The average molecular weight is 375 g/mol. The van der Waals surface area contributed by atoms with E-state index in [1.54, 1.807) is 0 Å². The smallest absolute Gasteiger partial charge is 0.171 e. The minimum atomic E-state index is 0.00216. The molecule has 0 bridgehead atoms. The zero-order valence-electron chi connectivity index (χ0n) is 16.1. The highest BCUT2D eigenvalue weighted by molar-refractivity contribution is 7.80. The summed E-state index contributed by atoms with van der Waals surface area (Å²) < 4.78 is 0. The number of hydrogen-bond donors (Lipinski definition) is 2. The van der Waals surface area contributed by atoms with E-state index in [0.29, 0.717) is 11.0 Å². The lowest BCUT2D eigenvalue weighted by molar-refractivity contribution is 0.762. The standard InChI is InChI=1S/C24H26N2S/c1-17(2)19-13-15-21(16-14-19)25-24(27)26-23(20-10-5-4-6-11-20)22-12-8-7-9-18(22)3/h4-17,23H,1-3H3,(H2,25,26,27)/t23-/m1/s1. The van der Waals surface area contributed by atoms with Crippen molar-refractivity contribution in [3.05, 3.63) is 101 Å². The summed E-state index contributed by atoms with van der Waals surface area (Å²) in [5.41, 5.74) is 5.96. The van der Waals surface area contributed by atoms with Crippen LogP contribution in [0.15, 0.2) is 78.9 Å². The van der Waals surface area contributed by atoms with Crippen molar-refractivity contribution >= 4 is 23.0 Å². The minimum Gasteiger partial charge on any atom is -0.352 e. The normalized spacial score (nSPS) is 11.9. The van der Waals surface area contributed by atoms with Gasteiger partial charge in [-0.1, -0.05) is 80.6 Å². The second-order valence-corrected chi connectivity index (χ2v) is 7.48. The third-order valence-electron chi connectivity index (χ3n) is 4.74. The van der Waals surface area contributed by atoms with Gasteiger partial charge in [0, 0.05) is 5.69 Å². The van der Waals surface area contributed by atoms with Crippen molar-refractivity contribution < 1.29 is 0 Å². The van der Waals surface area contributed by atoms with E-state index < -0.39 is 0 Å². The number of nitrogens with one attached hydrogen (secondary N) is 2. The largest absolute Gasteiger partial charge is 0.352 e. The fraction of sp³-hybridized carbons (Fsp3) is 0.208. The summed E-state index contributed by atoms with van der Waals surface area (Å²) in [4.78, 5) is 0. The zero-order chi connectivity index (χ0) is 19.2. The summed E-state index contributed by atoms with van der Waals surface area (Å²) in [6, 6.07) is 27.3. The Hall–Kier alpha value is -2.65. The van der Waals surface area contributed by atoms with Crippen LogP contribution >= 0.6 is 12.2 Å². The second-order valence-electron chi connectivity index (χ2n) is 7.08. The Labute approximate surface area is 167 Å². The van der Waals surface area contributed by atoms with E-state index in [1.807, 2.05) is 6.07 Å². The van der Waals surface area contributed by atoms with Gasteiger partial charge in [0.05, 0.1) is 6.04 Å². The number of aryl methyl sites for hydroxylation is 1. The SMILES string of the molecule is Cc1ccccc1[C@H](NC(=S)Nc1ccc(C(C)C)cc1)c1ccccc1. The number of benzene rings is 3. The Kier molecular flexibility index (Phi) is 6.25. The molecule has 0 amide bonds. The predicted molar refractivity (Wildman–Crippen MR) is 119 cm³/mol. The van der Waals surface area contributed by atoms with Crippen molar-refractivity contribution in [2.75, 3.05) is 5.32 Å². The van der Waals surface area contributed by atoms with Gasteiger partial charge in [-0.2, -0.15) is 0 Å². The minimum absolute atomic E-state index is 0.00216. The van der Waals surface area contributed by atoms with Crippen LogP contribution in [0, 0.1) is 6.92 Å². The van der Waals surface area contributed by atoms with Gasteiger partial charge in [0.1, 0.15) is 0 Å². The third kappa shape index (κ3) is 4.95. The molecule has 0 unspecified atom stereocenters. The first-order chi connectivity index (χ1) is 13.0. The zero-order valence-corrected chi connectivity index (χ0v) is 16.9. The molecule has 3 heteroatoms. The van der Waals surface area contributed by atoms with Gasteiger partial charge in [0.2, 0.25) is 0 Å². The molecule has 3 aromatic carbocycles. The van der Waals surface area contributed by atoms with Gasteiger partial charge in [0.15, 0.2) is 5.11 Å². The number of rotatable bonds is 5. The Morgan fingerprint density at radius 3 is 2.04 bits per heavy atom. The van der Waals surface area contributed by atoms with E-state index in [9.17, 15) is 0 Å². The van der Waals surface area contributed by atoms with Crippen LogP contribution in [0.2, 0.25) is 0 Å². The number of hydrogen-bond acceptors (Lipinski definition) is 1. The molecule has 3 rings (SSSR count). The first-order valence-electron chi connectivity index (χ1n) is 9.32. The van der Waals surface area contributed by atoms with Crippen LogP contribution in [-0.2, 0) is 0 Å².